The molecule has 1 aliphatic rings. The van der Waals surface area contributed by atoms with E-state index < -0.39 is 15.1 Å². The van der Waals surface area contributed by atoms with Gasteiger partial charge < -0.3 is 4.90 Å². The van der Waals surface area contributed by atoms with Gasteiger partial charge in [0.1, 0.15) is 0 Å². The fraction of sp³-hybridized carbons (Fsp3) is 0.250. The first kappa shape index (κ1) is 19.6. The number of rotatable bonds is 3. The summed E-state index contributed by atoms with van der Waals surface area (Å²) in [6, 6.07) is 16.2. The van der Waals surface area contributed by atoms with Crippen LogP contribution in [0.1, 0.15) is 27.7 Å². The smallest absolute Gasteiger partial charge is 0.276 e. The number of aromatic nitrogens is 3. The molecule has 3 aromatic rings. The Morgan fingerprint density at radius 1 is 1.03 bits per heavy atom. The Hall–Kier alpha value is -2.71. The molecule has 2 heterocycles. The van der Waals surface area contributed by atoms with E-state index in [1.54, 1.807) is 24.3 Å². The van der Waals surface area contributed by atoms with Gasteiger partial charge in [-0.2, -0.15) is 9.90 Å². The van der Waals surface area contributed by atoms with Gasteiger partial charge in [0.05, 0.1) is 22.9 Å². The van der Waals surface area contributed by atoms with Crippen molar-refractivity contribution in [3.8, 4) is 5.69 Å². The van der Waals surface area contributed by atoms with Gasteiger partial charge in [0.2, 0.25) is 0 Å². The van der Waals surface area contributed by atoms with Gasteiger partial charge in [0.25, 0.3) is 5.91 Å². The lowest BCUT2D eigenvalue weighted by molar-refractivity contribution is 0.0760. The maximum Gasteiger partial charge on any atom is 0.276 e. The number of amides is 1. The number of benzene rings is 2. The molecule has 1 amide bonds. The molecule has 0 aliphatic carbocycles. The summed E-state index contributed by atoms with van der Waals surface area (Å²) in [5.74, 6) is -0.455. The topological polar surface area (TPSA) is 85.2 Å². The van der Waals surface area contributed by atoms with Crippen LogP contribution >= 0.6 is 11.6 Å². The van der Waals surface area contributed by atoms with Gasteiger partial charge in [-0.15, -0.1) is 5.10 Å². The number of hydrogen-bond acceptors (Lipinski definition) is 5. The highest BCUT2D eigenvalue weighted by atomic mass is 35.5. The van der Waals surface area contributed by atoms with Gasteiger partial charge in [-0.1, -0.05) is 48.0 Å². The van der Waals surface area contributed by atoms with E-state index in [-0.39, 0.29) is 30.3 Å². The summed E-state index contributed by atoms with van der Waals surface area (Å²) in [6.45, 7) is 0.409. The Labute approximate surface area is 173 Å². The predicted octanol–water partition coefficient (Wildman–Crippen LogP) is 2.92. The lowest BCUT2D eigenvalue weighted by Gasteiger charge is -2.18. The van der Waals surface area contributed by atoms with E-state index in [2.05, 4.69) is 10.2 Å². The molecule has 0 radical (unpaired) electrons. The molecule has 29 heavy (non-hydrogen) atoms. The third kappa shape index (κ3) is 4.04. The van der Waals surface area contributed by atoms with E-state index >= 15 is 0 Å². The molecular formula is C20H19ClN4O3S. The second-order valence-corrected chi connectivity index (χ2v) is 9.52. The minimum Gasteiger partial charge on any atom is -0.336 e. The van der Waals surface area contributed by atoms with Gasteiger partial charge in [0.15, 0.2) is 15.5 Å². The summed E-state index contributed by atoms with van der Waals surface area (Å²) in [4.78, 5) is 15.8. The first-order valence-corrected chi connectivity index (χ1v) is 11.3. The van der Waals surface area contributed by atoms with Gasteiger partial charge in [-0.25, -0.2) is 8.42 Å². The van der Waals surface area contributed by atoms with E-state index in [4.69, 9.17) is 11.6 Å². The van der Waals surface area contributed by atoms with Crippen LogP contribution in [0, 0.1) is 0 Å². The molecule has 2 aromatic carbocycles. The highest BCUT2D eigenvalue weighted by molar-refractivity contribution is 7.91. The van der Waals surface area contributed by atoms with Crippen molar-refractivity contribution < 1.29 is 13.2 Å². The molecule has 1 saturated heterocycles. The minimum atomic E-state index is -3.44. The molecule has 1 atom stereocenters. The second kappa shape index (κ2) is 7.96. The molecule has 0 N–H and O–H groups in total. The zero-order valence-electron chi connectivity index (χ0n) is 15.5. The van der Waals surface area contributed by atoms with Crippen LogP contribution in [-0.4, -0.2) is 53.1 Å². The summed E-state index contributed by atoms with van der Waals surface area (Å²) in [6.07, 6.45) is 1.69. The molecule has 0 bridgehead atoms. The molecule has 1 fully saturated rings. The van der Waals surface area contributed by atoms with Crippen LogP contribution in [0.25, 0.3) is 5.69 Å². The second-order valence-electron chi connectivity index (χ2n) is 6.81. The Morgan fingerprint density at radius 3 is 2.52 bits per heavy atom. The number of carbonyl (C=O) groups excluding carboxylic acids is 1. The monoisotopic (exact) mass is 430 g/mol. The van der Waals surface area contributed by atoms with E-state index in [0.29, 0.717) is 17.1 Å². The first-order valence-electron chi connectivity index (χ1n) is 9.19. The molecule has 0 saturated carbocycles. The number of carbonyl (C=O) groups is 1. The molecule has 7 nitrogen and oxygen atoms in total. The van der Waals surface area contributed by atoms with E-state index in [9.17, 15) is 13.2 Å². The van der Waals surface area contributed by atoms with Crippen molar-refractivity contribution in [2.45, 2.75) is 11.7 Å². The molecular weight excluding hydrogens is 412 g/mol. The van der Waals surface area contributed by atoms with Crippen LogP contribution in [0.2, 0.25) is 5.02 Å². The molecule has 0 spiro atoms. The number of hydrogen-bond donors (Lipinski definition) is 0. The third-order valence-electron chi connectivity index (χ3n) is 4.98. The molecule has 9 heteroatoms. The SMILES string of the molecule is O=C(c1cnn(-c2ccccc2)n1)N1CC[C@H](c2ccccc2Cl)S(=O)(=O)CC1. The summed E-state index contributed by atoms with van der Waals surface area (Å²) in [5.41, 5.74) is 1.50. The number of sulfone groups is 1. The van der Waals surface area contributed by atoms with Crippen LogP contribution < -0.4 is 0 Å². The minimum absolute atomic E-state index is 0.111. The third-order valence-corrected chi connectivity index (χ3v) is 7.43. The zero-order chi connectivity index (χ0) is 20.4. The van der Waals surface area contributed by atoms with Crippen LogP contribution in [0.5, 0.6) is 0 Å². The normalized spacial score (nSPS) is 18.9. The van der Waals surface area contributed by atoms with Crippen molar-refractivity contribution in [3.05, 3.63) is 77.1 Å². The largest absolute Gasteiger partial charge is 0.336 e. The van der Waals surface area contributed by atoms with Gasteiger partial charge in [0, 0.05) is 18.1 Å². The fourth-order valence-electron chi connectivity index (χ4n) is 3.44. The van der Waals surface area contributed by atoms with Crippen LogP contribution in [0.4, 0.5) is 0 Å². The lowest BCUT2D eigenvalue weighted by Crippen LogP contribution is -2.34. The summed E-state index contributed by atoms with van der Waals surface area (Å²) in [7, 11) is -3.44. The zero-order valence-corrected chi connectivity index (χ0v) is 17.1. The quantitative estimate of drug-likeness (QED) is 0.637. The molecule has 4 rings (SSSR count). The fourth-order valence-corrected chi connectivity index (χ4v) is 5.59. The number of halogens is 1. The number of para-hydroxylation sites is 1. The van der Waals surface area contributed by atoms with Crippen molar-refractivity contribution >= 4 is 27.3 Å². The van der Waals surface area contributed by atoms with Crippen molar-refractivity contribution in [1.29, 1.82) is 0 Å². The first-order chi connectivity index (χ1) is 14.0. The summed E-state index contributed by atoms with van der Waals surface area (Å²) >= 11 is 6.23. The van der Waals surface area contributed by atoms with Crippen molar-refractivity contribution in [1.82, 2.24) is 19.9 Å². The number of nitrogens with zero attached hydrogens (tertiary/aromatic N) is 4. The highest BCUT2D eigenvalue weighted by Crippen LogP contribution is 2.34. The molecule has 0 unspecified atom stereocenters. The van der Waals surface area contributed by atoms with Crippen LogP contribution in [-0.2, 0) is 9.84 Å². The predicted molar refractivity (Wildman–Crippen MR) is 110 cm³/mol. The Balaban J connectivity index is 1.55. The lowest BCUT2D eigenvalue weighted by atomic mass is 10.1. The van der Waals surface area contributed by atoms with E-state index in [1.165, 1.54) is 15.9 Å². The van der Waals surface area contributed by atoms with Gasteiger partial charge in [-0.3, -0.25) is 4.79 Å². The Bertz CT molecular complexity index is 1130. The average Bonchev–Trinajstić information content (AvgIpc) is 3.16. The van der Waals surface area contributed by atoms with E-state index in [0.717, 1.165) is 5.69 Å². The van der Waals surface area contributed by atoms with Gasteiger partial charge >= 0.3 is 0 Å². The standard InChI is InChI=1S/C20H19ClN4O3S/c21-17-9-5-4-8-16(17)19-10-11-24(12-13-29(19,27)28)20(26)18-14-22-25(23-18)15-6-2-1-3-7-15/h1-9,14,19H,10-13H2/t19-/m1/s1. The Kier molecular flexibility index (Phi) is 5.38. The van der Waals surface area contributed by atoms with Crippen molar-refractivity contribution in [2.24, 2.45) is 0 Å². The average molecular weight is 431 g/mol. The molecule has 150 valence electrons. The summed E-state index contributed by atoms with van der Waals surface area (Å²) in [5, 5.41) is 8.10. The van der Waals surface area contributed by atoms with Gasteiger partial charge in [-0.05, 0) is 30.2 Å². The van der Waals surface area contributed by atoms with Crippen molar-refractivity contribution in [2.75, 3.05) is 18.8 Å². The summed E-state index contributed by atoms with van der Waals surface area (Å²) < 4.78 is 25.6. The van der Waals surface area contributed by atoms with Crippen LogP contribution in [0.3, 0.4) is 0 Å². The maximum absolute atomic E-state index is 12.9. The van der Waals surface area contributed by atoms with E-state index in [1.807, 2.05) is 30.3 Å². The maximum atomic E-state index is 12.9. The van der Waals surface area contributed by atoms with Crippen molar-refractivity contribution in [3.63, 3.8) is 0 Å². The highest BCUT2D eigenvalue weighted by Gasteiger charge is 2.34. The molecule has 1 aliphatic heterocycles. The Morgan fingerprint density at radius 2 is 1.76 bits per heavy atom. The molecule has 1 aromatic heterocycles. The van der Waals surface area contributed by atoms with Crippen LogP contribution in [0.15, 0.2) is 60.8 Å².